The van der Waals surface area contributed by atoms with Crippen LogP contribution >= 0.6 is 0 Å². The number of hydrogen-bond donors (Lipinski definition) is 2. The maximum Gasteiger partial charge on any atom is 0.218 e. The number of rotatable bonds is 8. The van der Waals surface area contributed by atoms with Crippen LogP contribution in [0.4, 0.5) is 0 Å². The molecule has 1 aromatic carbocycles. The van der Waals surface area contributed by atoms with Crippen molar-refractivity contribution in [3.05, 3.63) is 29.8 Å². The number of amides is 1. The maximum absolute atomic E-state index is 10.8. The summed E-state index contributed by atoms with van der Waals surface area (Å²) in [5, 5.41) is 3.35. The molecule has 5 heteroatoms. The molecule has 1 heterocycles. The van der Waals surface area contributed by atoms with Crippen LogP contribution in [0.3, 0.4) is 0 Å². The third-order valence-corrected chi connectivity index (χ3v) is 3.97. The van der Waals surface area contributed by atoms with E-state index in [1.54, 1.807) is 7.11 Å². The van der Waals surface area contributed by atoms with Gasteiger partial charge in [-0.25, -0.2) is 0 Å². The molecule has 0 unspecified atom stereocenters. The molecule has 1 aromatic rings. The molecule has 0 saturated carbocycles. The zero-order chi connectivity index (χ0) is 15.1. The highest BCUT2D eigenvalue weighted by molar-refractivity contribution is 5.73. The average molecular weight is 291 g/mol. The minimum atomic E-state index is -0.260. The van der Waals surface area contributed by atoms with Gasteiger partial charge in [-0.1, -0.05) is 12.1 Å². The number of benzene rings is 1. The number of likely N-dealkylation sites (tertiary alicyclic amines) is 1. The van der Waals surface area contributed by atoms with Crippen molar-refractivity contribution in [2.24, 2.45) is 5.73 Å². The zero-order valence-electron chi connectivity index (χ0n) is 12.7. The van der Waals surface area contributed by atoms with Crippen molar-refractivity contribution < 1.29 is 9.53 Å². The Kier molecular flexibility index (Phi) is 6.02. The molecular formula is C16H25N3O2. The Hall–Kier alpha value is -1.59. The van der Waals surface area contributed by atoms with Crippen molar-refractivity contribution in [1.82, 2.24) is 10.2 Å². The van der Waals surface area contributed by atoms with Gasteiger partial charge in [0, 0.05) is 25.6 Å². The van der Waals surface area contributed by atoms with E-state index >= 15 is 0 Å². The molecule has 0 radical (unpaired) electrons. The van der Waals surface area contributed by atoms with E-state index in [1.165, 1.54) is 18.4 Å². The molecule has 2 rings (SSSR count). The summed E-state index contributed by atoms with van der Waals surface area (Å²) in [5.41, 5.74) is 6.45. The lowest BCUT2D eigenvalue weighted by atomic mass is 10.1. The predicted octanol–water partition coefficient (Wildman–Crippen LogP) is 1.30. The first-order valence-electron chi connectivity index (χ1n) is 7.57. The lowest BCUT2D eigenvalue weighted by Gasteiger charge is -2.28. The number of ether oxygens (including phenoxy) is 1. The molecule has 5 nitrogen and oxygen atoms in total. The summed E-state index contributed by atoms with van der Waals surface area (Å²) >= 11 is 0. The molecule has 0 spiro atoms. The third-order valence-electron chi connectivity index (χ3n) is 3.97. The Labute approximate surface area is 126 Å². The van der Waals surface area contributed by atoms with Crippen LogP contribution < -0.4 is 15.8 Å². The van der Waals surface area contributed by atoms with E-state index in [0.717, 1.165) is 25.4 Å². The predicted molar refractivity (Wildman–Crippen MR) is 83.2 cm³/mol. The van der Waals surface area contributed by atoms with Gasteiger partial charge in [0.15, 0.2) is 0 Å². The minimum absolute atomic E-state index is 0.260. The highest BCUT2D eigenvalue weighted by Crippen LogP contribution is 2.26. The van der Waals surface area contributed by atoms with Crippen molar-refractivity contribution in [2.75, 3.05) is 33.3 Å². The Morgan fingerprint density at radius 2 is 2.00 bits per heavy atom. The third kappa shape index (κ3) is 4.72. The number of nitrogens with zero attached hydrogens (tertiary/aromatic N) is 1. The summed E-state index contributed by atoms with van der Waals surface area (Å²) in [6.07, 6.45) is 2.90. The lowest BCUT2D eigenvalue weighted by molar-refractivity contribution is -0.117. The Bertz CT molecular complexity index is 441. The molecule has 1 aliphatic rings. The maximum atomic E-state index is 10.8. The summed E-state index contributed by atoms with van der Waals surface area (Å²) in [7, 11) is 1.68. The van der Waals surface area contributed by atoms with Crippen molar-refractivity contribution in [3.8, 4) is 5.75 Å². The number of hydrogen-bond acceptors (Lipinski definition) is 4. The SMILES string of the molecule is COc1ccc([C@@H](CNCCC(N)=O)N2CCCC2)cc1. The topological polar surface area (TPSA) is 67.6 Å². The standard InChI is InChI=1S/C16H25N3O2/c1-21-14-6-4-13(5-7-14)15(19-10-2-3-11-19)12-18-9-8-16(17)20/h4-7,15,18H,2-3,8-12H2,1H3,(H2,17,20)/t15-/m1/s1. The van der Waals surface area contributed by atoms with Crippen LogP contribution in [0.1, 0.15) is 30.9 Å². The van der Waals surface area contributed by atoms with Gasteiger partial charge < -0.3 is 15.8 Å². The van der Waals surface area contributed by atoms with Gasteiger partial charge in [0.2, 0.25) is 5.91 Å². The first-order chi connectivity index (χ1) is 10.2. The van der Waals surface area contributed by atoms with Crippen LogP contribution in [-0.2, 0) is 4.79 Å². The van der Waals surface area contributed by atoms with Crippen LogP contribution in [-0.4, -0.2) is 44.1 Å². The Morgan fingerprint density at radius 1 is 1.33 bits per heavy atom. The summed E-state index contributed by atoms with van der Waals surface area (Å²) in [6.45, 7) is 3.73. The molecular weight excluding hydrogens is 266 g/mol. The van der Waals surface area contributed by atoms with Crippen molar-refractivity contribution >= 4 is 5.91 Å². The van der Waals surface area contributed by atoms with Gasteiger partial charge in [-0.3, -0.25) is 9.69 Å². The average Bonchev–Trinajstić information content (AvgIpc) is 3.01. The molecule has 0 bridgehead atoms. The molecule has 0 aromatic heterocycles. The molecule has 1 amide bonds. The van der Waals surface area contributed by atoms with Crippen molar-refractivity contribution in [2.45, 2.75) is 25.3 Å². The molecule has 21 heavy (non-hydrogen) atoms. The molecule has 1 fully saturated rings. The second-order valence-corrected chi connectivity index (χ2v) is 5.45. The fourth-order valence-electron chi connectivity index (χ4n) is 2.79. The smallest absolute Gasteiger partial charge is 0.218 e. The quantitative estimate of drug-likeness (QED) is 0.708. The lowest BCUT2D eigenvalue weighted by Crippen LogP contribution is -2.35. The van der Waals surface area contributed by atoms with E-state index in [-0.39, 0.29) is 5.91 Å². The van der Waals surface area contributed by atoms with Crippen LogP contribution in [0, 0.1) is 0 Å². The van der Waals surface area contributed by atoms with Gasteiger partial charge >= 0.3 is 0 Å². The fraction of sp³-hybridized carbons (Fsp3) is 0.562. The van der Waals surface area contributed by atoms with Gasteiger partial charge in [-0.2, -0.15) is 0 Å². The van der Waals surface area contributed by atoms with Gasteiger partial charge in [0.25, 0.3) is 0 Å². The molecule has 1 saturated heterocycles. The van der Waals surface area contributed by atoms with Crippen LogP contribution in [0.25, 0.3) is 0 Å². The van der Waals surface area contributed by atoms with E-state index in [1.807, 2.05) is 12.1 Å². The van der Waals surface area contributed by atoms with Gasteiger partial charge in [-0.15, -0.1) is 0 Å². The molecule has 1 atom stereocenters. The number of carbonyl (C=O) groups is 1. The van der Waals surface area contributed by atoms with E-state index < -0.39 is 0 Å². The van der Waals surface area contributed by atoms with E-state index in [9.17, 15) is 4.79 Å². The zero-order valence-corrected chi connectivity index (χ0v) is 12.7. The number of primary amides is 1. The second-order valence-electron chi connectivity index (χ2n) is 5.45. The molecule has 3 N–H and O–H groups in total. The normalized spacial score (nSPS) is 16.8. The second kappa shape index (κ2) is 8.00. The number of methoxy groups -OCH3 is 1. The van der Waals surface area contributed by atoms with E-state index in [2.05, 4.69) is 22.3 Å². The molecule has 1 aliphatic heterocycles. The largest absolute Gasteiger partial charge is 0.497 e. The monoisotopic (exact) mass is 291 g/mol. The summed E-state index contributed by atoms with van der Waals surface area (Å²) in [4.78, 5) is 13.3. The minimum Gasteiger partial charge on any atom is -0.497 e. The number of nitrogens with two attached hydrogens (primary N) is 1. The highest BCUT2D eigenvalue weighted by Gasteiger charge is 2.23. The number of carbonyl (C=O) groups excluding carboxylic acids is 1. The van der Waals surface area contributed by atoms with Gasteiger partial charge in [0.1, 0.15) is 5.75 Å². The summed E-state index contributed by atoms with van der Waals surface area (Å²) in [6, 6.07) is 8.59. The Balaban J connectivity index is 1.98. The van der Waals surface area contributed by atoms with Crippen molar-refractivity contribution in [3.63, 3.8) is 0 Å². The van der Waals surface area contributed by atoms with E-state index in [0.29, 0.717) is 19.0 Å². The summed E-state index contributed by atoms with van der Waals surface area (Å²) < 4.78 is 5.22. The Morgan fingerprint density at radius 3 is 2.57 bits per heavy atom. The molecule has 0 aliphatic carbocycles. The van der Waals surface area contributed by atoms with Gasteiger partial charge in [0.05, 0.1) is 7.11 Å². The van der Waals surface area contributed by atoms with Crippen LogP contribution in [0.5, 0.6) is 5.75 Å². The molecule has 116 valence electrons. The van der Waals surface area contributed by atoms with Gasteiger partial charge in [-0.05, 0) is 43.6 Å². The number of nitrogens with one attached hydrogen (secondary N) is 1. The summed E-state index contributed by atoms with van der Waals surface area (Å²) in [5.74, 6) is 0.616. The first kappa shape index (κ1) is 15.8. The highest BCUT2D eigenvalue weighted by atomic mass is 16.5. The fourth-order valence-corrected chi connectivity index (χ4v) is 2.79. The van der Waals surface area contributed by atoms with Crippen LogP contribution in [0.2, 0.25) is 0 Å². The first-order valence-corrected chi connectivity index (χ1v) is 7.57. The van der Waals surface area contributed by atoms with Crippen LogP contribution in [0.15, 0.2) is 24.3 Å². The van der Waals surface area contributed by atoms with Crippen molar-refractivity contribution in [1.29, 1.82) is 0 Å². The van der Waals surface area contributed by atoms with E-state index in [4.69, 9.17) is 10.5 Å².